The smallest absolute Gasteiger partial charge is 0.187 e. The minimum Gasteiger partial charge on any atom is -0.378 e. The van der Waals surface area contributed by atoms with Gasteiger partial charge in [-0.25, -0.2) is 15.0 Å². The van der Waals surface area contributed by atoms with Gasteiger partial charge in [0, 0.05) is 57.4 Å². The summed E-state index contributed by atoms with van der Waals surface area (Å²) >= 11 is 8.17. The van der Waals surface area contributed by atoms with E-state index < -0.39 is 0 Å². The third-order valence-electron chi connectivity index (χ3n) is 5.68. The fraction of sp³-hybridized carbons (Fsp3) is 0.600. The topological polar surface area (TPSA) is 66.7 Å². The molecule has 0 saturated carbocycles. The monoisotopic (exact) mass is 432 g/mol. The number of aromatic nitrogens is 3. The number of halogens is 1. The highest BCUT2D eigenvalue weighted by molar-refractivity contribution is 7.16. The van der Waals surface area contributed by atoms with Gasteiger partial charge in [-0.05, 0) is 19.3 Å². The van der Waals surface area contributed by atoms with Gasteiger partial charge >= 0.3 is 0 Å². The van der Waals surface area contributed by atoms with Crippen molar-refractivity contribution in [3.8, 4) is 0 Å². The van der Waals surface area contributed by atoms with Crippen molar-refractivity contribution < 1.29 is 4.74 Å². The SMILES string of the molecule is Clc1nc(N2CCOCC2)sc1CN1CCc2nc(C3=NCCCC3)ncc2C1. The molecule has 1 saturated heterocycles. The number of hydrogen-bond donors (Lipinski definition) is 0. The summed E-state index contributed by atoms with van der Waals surface area (Å²) in [7, 11) is 0. The summed E-state index contributed by atoms with van der Waals surface area (Å²) in [6.07, 6.45) is 6.30. The maximum atomic E-state index is 6.47. The fourth-order valence-electron chi connectivity index (χ4n) is 4.04. The predicted octanol–water partition coefficient (Wildman–Crippen LogP) is 2.95. The number of rotatable bonds is 4. The lowest BCUT2D eigenvalue weighted by Crippen LogP contribution is -2.36. The summed E-state index contributed by atoms with van der Waals surface area (Å²) < 4.78 is 5.43. The highest BCUT2D eigenvalue weighted by atomic mass is 35.5. The van der Waals surface area contributed by atoms with Crippen molar-refractivity contribution in [2.45, 2.75) is 38.8 Å². The molecule has 3 aliphatic heterocycles. The van der Waals surface area contributed by atoms with Crippen molar-refractivity contribution in [3.63, 3.8) is 0 Å². The van der Waals surface area contributed by atoms with Crippen LogP contribution in [0.2, 0.25) is 5.15 Å². The summed E-state index contributed by atoms with van der Waals surface area (Å²) in [6, 6.07) is 0. The minimum absolute atomic E-state index is 0.629. The molecular weight excluding hydrogens is 408 g/mol. The first-order valence-electron chi connectivity index (χ1n) is 10.3. The number of morpholine rings is 1. The molecule has 7 nitrogen and oxygen atoms in total. The molecule has 0 N–H and O–H groups in total. The van der Waals surface area contributed by atoms with Crippen LogP contribution in [0, 0.1) is 0 Å². The van der Waals surface area contributed by atoms with Gasteiger partial charge in [-0.2, -0.15) is 0 Å². The molecule has 0 aliphatic carbocycles. The second kappa shape index (κ2) is 8.63. The molecule has 2 aromatic rings. The number of aliphatic imine (C=N–C) groups is 1. The summed E-state index contributed by atoms with van der Waals surface area (Å²) in [6.45, 7) is 6.81. The van der Waals surface area contributed by atoms with E-state index >= 15 is 0 Å². The zero-order valence-corrected chi connectivity index (χ0v) is 18.0. The van der Waals surface area contributed by atoms with Gasteiger partial charge in [0.15, 0.2) is 11.0 Å². The summed E-state index contributed by atoms with van der Waals surface area (Å²) in [5.74, 6) is 0.831. The first-order valence-corrected chi connectivity index (χ1v) is 11.5. The first-order chi connectivity index (χ1) is 14.3. The van der Waals surface area contributed by atoms with Gasteiger partial charge < -0.3 is 9.64 Å². The standard InChI is InChI=1S/C20H25ClN6OS/c21-18-17(29-20(25-18)27-7-9-28-10-8-27)13-26-6-4-15-14(12-26)11-23-19(24-15)16-3-1-2-5-22-16/h11H,1-10,12-13H2. The van der Waals surface area contributed by atoms with Crippen LogP contribution in [0.15, 0.2) is 11.2 Å². The number of nitrogens with zero attached hydrogens (tertiary/aromatic N) is 6. The Morgan fingerprint density at radius 3 is 2.83 bits per heavy atom. The molecule has 3 aliphatic rings. The van der Waals surface area contributed by atoms with Crippen molar-refractivity contribution in [1.82, 2.24) is 19.9 Å². The lowest BCUT2D eigenvalue weighted by atomic mass is 10.1. The van der Waals surface area contributed by atoms with Crippen molar-refractivity contribution >= 4 is 33.8 Å². The van der Waals surface area contributed by atoms with Crippen LogP contribution < -0.4 is 4.90 Å². The Bertz CT molecular complexity index is 910. The van der Waals surface area contributed by atoms with E-state index in [0.717, 1.165) is 86.9 Å². The van der Waals surface area contributed by atoms with E-state index in [-0.39, 0.29) is 0 Å². The number of ether oxygens (including phenoxy) is 1. The summed E-state index contributed by atoms with van der Waals surface area (Å²) in [5, 5.41) is 1.64. The Morgan fingerprint density at radius 2 is 2.00 bits per heavy atom. The molecular formula is C20H25ClN6OS. The molecule has 2 aromatic heterocycles. The maximum absolute atomic E-state index is 6.47. The Morgan fingerprint density at radius 1 is 1.10 bits per heavy atom. The van der Waals surface area contributed by atoms with E-state index in [9.17, 15) is 0 Å². The molecule has 0 radical (unpaired) electrons. The van der Waals surface area contributed by atoms with Gasteiger partial charge in [0.25, 0.3) is 0 Å². The van der Waals surface area contributed by atoms with Crippen molar-refractivity contribution in [1.29, 1.82) is 0 Å². The lowest BCUT2D eigenvalue weighted by molar-refractivity contribution is 0.122. The van der Waals surface area contributed by atoms with Crippen molar-refractivity contribution in [3.05, 3.63) is 33.3 Å². The van der Waals surface area contributed by atoms with Gasteiger partial charge in [0.05, 0.1) is 29.5 Å². The molecule has 0 bridgehead atoms. The number of fused-ring (bicyclic) bond motifs is 1. The summed E-state index contributed by atoms with van der Waals surface area (Å²) in [5.41, 5.74) is 3.46. The molecule has 29 heavy (non-hydrogen) atoms. The van der Waals surface area contributed by atoms with Crippen LogP contribution >= 0.6 is 22.9 Å². The van der Waals surface area contributed by atoms with Crippen molar-refractivity contribution in [2.24, 2.45) is 4.99 Å². The molecule has 0 atom stereocenters. The van der Waals surface area contributed by atoms with Crippen LogP contribution in [-0.4, -0.2) is 65.0 Å². The molecule has 0 amide bonds. The Hall–Kier alpha value is -1.61. The molecule has 154 valence electrons. The number of anilines is 1. The predicted molar refractivity (Wildman–Crippen MR) is 115 cm³/mol. The molecule has 0 spiro atoms. The van der Waals surface area contributed by atoms with Gasteiger partial charge in [-0.15, -0.1) is 0 Å². The molecule has 0 unspecified atom stereocenters. The molecule has 1 fully saturated rings. The number of thiazole rings is 1. The van der Waals surface area contributed by atoms with E-state index in [1.807, 2.05) is 6.20 Å². The van der Waals surface area contributed by atoms with Crippen LogP contribution in [0.25, 0.3) is 0 Å². The highest BCUT2D eigenvalue weighted by Crippen LogP contribution is 2.32. The Kier molecular flexibility index (Phi) is 5.76. The zero-order chi connectivity index (χ0) is 19.6. The van der Waals surface area contributed by atoms with Gasteiger partial charge in [0.2, 0.25) is 0 Å². The average molecular weight is 433 g/mol. The second-order valence-corrected chi connectivity index (χ2v) is 9.14. The third kappa shape index (κ3) is 4.30. The van der Waals surface area contributed by atoms with Crippen LogP contribution in [-0.2, 0) is 24.2 Å². The molecule has 5 rings (SSSR count). The van der Waals surface area contributed by atoms with Gasteiger partial charge in [-0.3, -0.25) is 9.89 Å². The van der Waals surface area contributed by atoms with Crippen LogP contribution in [0.1, 0.15) is 41.2 Å². The zero-order valence-electron chi connectivity index (χ0n) is 16.4. The highest BCUT2D eigenvalue weighted by Gasteiger charge is 2.23. The average Bonchev–Trinajstić information content (AvgIpc) is 3.15. The largest absolute Gasteiger partial charge is 0.378 e. The van der Waals surface area contributed by atoms with Crippen LogP contribution in [0.5, 0.6) is 0 Å². The number of hydrogen-bond acceptors (Lipinski definition) is 8. The Labute approximate surface area is 179 Å². The quantitative estimate of drug-likeness (QED) is 0.740. The van der Waals surface area contributed by atoms with E-state index in [1.54, 1.807) is 11.3 Å². The third-order valence-corrected chi connectivity index (χ3v) is 7.21. The van der Waals surface area contributed by atoms with Crippen LogP contribution in [0.4, 0.5) is 5.13 Å². The van der Waals surface area contributed by atoms with E-state index in [2.05, 4.69) is 24.8 Å². The van der Waals surface area contributed by atoms with E-state index in [0.29, 0.717) is 5.15 Å². The molecule has 9 heteroatoms. The molecule has 5 heterocycles. The van der Waals surface area contributed by atoms with Crippen LogP contribution in [0.3, 0.4) is 0 Å². The normalized spacial score (nSPS) is 20.4. The second-order valence-electron chi connectivity index (χ2n) is 7.72. The van der Waals surface area contributed by atoms with E-state index in [1.165, 1.54) is 24.1 Å². The van der Waals surface area contributed by atoms with Gasteiger partial charge in [-0.1, -0.05) is 22.9 Å². The molecule has 0 aromatic carbocycles. The fourth-order valence-corrected chi connectivity index (χ4v) is 5.39. The van der Waals surface area contributed by atoms with E-state index in [4.69, 9.17) is 21.3 Å². The van der Waals surface area contributed by atoms with Gasteiger partial charge in [0.1, 0.15) is 5.15 Å². The first kappa shape index (κ1) is 19.4. The Balaban J connectivity index is 1.26. The van der Waals surface area contributed by atoms with Crippen molar-refractivity contribution in [2.75, 3.05) is 44.3 Å². The summed E-state index contributed by atoms with van der Waals surface area (Å²) in [4.78, 5) is 24.5. The lowest BCUT2D eigenvalue weighted by Gasteiger charge is -2.28. The maximum Gasteiger partial charge on any atom is 0.187 e. The minimum atomic E-state index is 0.629.